The Labute approximate surface area is 81.6 Å². The molecule has 0 aromatic heterocycles. The molecular weight excluding hydrogens is 220 g/mol. The van der Waals surface area contributed by atoms with E-state index in [4.69, 9.17) is 0 Å². The van der Waals surface area contributed by atoms with Crippen molar-refractivity contribution in [3.63, 3.8) is 0 Å². The van der Waals surface area contributed by atoms with Crippen molar-refractivity contribution < 1.29 is 0 Å². The molecule has 0 aromatic carbocycles. The molecule has 2 saturated heterocycles. The zero-order valence-electron chi connectivity index (χ0n) is 5.32. The molecule has 1 atom stereocenters. The number of hydrogen-bond donors (Lipinski definition) is 0. The lowest BCUT2D eigenvalue weighted by atomic mass is 10.2. The second kappa shape index (κ2) is 4.12. The lowest BCUT2D eigenvalue weighted by Crippen LogP contribution is -2.27. The summed E-state index contributed by atoms with van der Waals surface area (Å²) in [5.41, 5.74) is 0. The van der Waals surface area contributed by atoms with Crippen LogP contribution in [0.4, 0.5) is 0 Å². The van der Waals surface area contributed by atoms with Crippen LogP contribution in [0, 0.1) is 5.92 Å². The minimum Gasteiger partial charge on any atom is -0.161 e. The standard InChI is InChI=1S/C5H8S5/c1-4(2-6-1)5-7-3-8-10-9-5/h4-5H,1-3H2. The highest BCUT2D eigenvalue weighted by Gasteiger charge is 2.30. The molecule has 0 bridgehead atoms. The zero-order valence-corrected chi connectivity index (χ0v) is 9.40. The Bertz CT molecular complexity index is 107. The summed E-state index contributed by atoms with van der Waals surface area (Å²) in [5, 5.41) is 1.30. The van der Waals surface area contributed by atoms with Gasteiger partial charge in [-0.15, -0.1) is 11.8 Å². The molecule has 1 unspecified atom stereocenters. The molecule has 0 radical (unpaired) electrons. The van der Waals surface area contributed by atoms with Crippen LogP contribution in [0.5, 0.6) is 0 Å². The fourth-order valence-corrected chi connectivity index (χ4v) is 10.1. The van der Waals surface area contributed by atoms with Crippen LogP contribution in [-0.4, -0.2) is 21.2 Å². The lowest BCUT2D eigenvalue weighted by Gasteiger charge is -2.33. The summed E-state index contributed by atoms with van der Waals surface area (Å²) in [4.78, 5) is 0. The fraction of sp³-hybridized carbons (Fsp3) is 1.00. The molecule has 0 spiro atoms. The van der Waals surface area contributed by atoms with Gasteiger partial charge in [-0.05, 0) is 27.2 Å². The van der Waals surface area contributed by atoms with Crippen molar-refractivity contribution >= 4 is 54.9 Å². The highest BCUT2D eigenvalue weighted by molar-refractivity contribution is 9.11. The molecule has 10 heavy (non-hydrogen) atoms. The van der Waals surface area contributed by atoms with Crippen LogP contribution < -0.4 is 0 Å². The van der Waals surface area contributed by atoms with Gasteiger partial charge < -0.3 is 0 Å². The van der Waals surface area contributed by atoms with Gasteiger partial charge in [0.1, 0.15) is 0 Å². The van der Waals surface area contributed by atoms with E-state index in [2.05, 4.69) is 34.3 Å². The Kier molecular flexibility index (Phi) is 3.44. The number of hydrogen-bond acceptors (Lipinski definition) is 5. The summed E-state index contributed by atoms with van der Waals surface area (Å²) < 4.78 is 0.910. The predicted molar refractivity (Wildman–Crippen MR) is 59.8 cm³/mol. The third-order valence-corrected chi connectivity index (χ3v) is 9.88. The Hall–Kier alpha value is 1.75. The molecule has 2 aliphatic rings. The van der Waals surface area contributed by atoms with Crippen LogP contribution in [0.1, 0.15) is 0 Å². The minimum atomic E-state index is 0.910. The Morgan fingerprint density at radius 2 is 2.10 bits per heavy atom. The van der Waals surface area contributed by atoms with Crippen molar-refractivity contribution in [1.82, 2.24) is 0 Å². The summed E-state index contributed by atoms with van der Waals surface area (Å²) >= 11 is 4.23. The van der Waals surface area contributed by atoms with Gasteiger partial charge in [0.05, 0.1) is 9.67 Å². The van der Waals surface area contributed by atoms with Crippen LogP contribution in [0.25, 0.3) is 0 Å². The van der Waals surface area contributed by atoms with E-state index in [1.165, 1.54) is 16.6 Å². The topological polar surface area (TPSA) is 0 Å². The minimum absolute atomic E-state index is 0.910. The maximum atomic E-state index is 2.14. The maximum absolute atomic E-state index is 2.14. The molecule has 2 aliphatic heterocycles. The first-order valence-corrected chi connectivity index (χ1v) is 9.03. The highest BCUT2D eigenvalue weighted by Crippen LogP contribution is 2.54. The van der Waals surface area contributed by atoms with E-state index in [0.29, 0.717) is 0 Å². The van der Waals surface area contributed by atoms with Gasteiger partial charge in [0.15, 0.2) is 0 Å². The SMILES string of the molecule is C1SSSC(C2CSC2)S1. The normalized spacial score (nSPS) is 35.4. The van der Waals surface area contributed by atoms with Crippen LogP contribution in [-0.2, 0) is 0 Å². The van der Waals surface area contributed by atoms with E-state index >= 15 is 0 Å². The molecule has 0 amide bonds. The molecule has 0 aromatic rings. The van der Waals surface area contributed by atoms with E-state index < -0.39 is 0 Å². The van der Waals surface area contributed by atoms with Gasteiger partial charge in [-0.25, -0.2) is 0 Å². The van der Waals surface area contributed by atoms with Crippen molar-refractivity contribution in [1.29, 1.82) is 0 Å². The second-order valence-corrected chi connectivity index (χ2v) is 9.38. The van der Waals surface area contributed by atoms with Crippen molar-refractivity contribution in [3.8, 4) is 0 Å². The first-order chi connectivity index (χ1) is 4.97. The van der Waals surface area contributed by atoms with Crippen molar-refractivity contribution in [2.24, 2.45) is 5.92 Å². The van der Waals surface area contributed by atoms with Crippen molar-refractivity contribution in [3.05, 3.63) is 0 Å². The van der Waals surface area contributed by atoms with E-state index in [9.17, 15) is 0 Å². The molecule has 2 fully saturated rings. The molecule has 0 aliphatic carbocycles. The third-order valence-electron chi connectivity index (χ3n) is 1.51. The average Bonchev–Trinajstić information content (AvgIpc) is 1.86. The molecule has 5 heteroatoms. The van der Waals surface area contributed by atoms with E-state index in [-0.39, 0.29) is 0 Å². The first-order valence-electron chi connectivity index (χ1n) is 3.11. The van der Waals surface area contributed by atoms with Gasteiger partial charge in [0.2, 0.25) is 0 Å². The van der Waals surface area contributed by atoms with Crippen molar-refractivity contribution in [2.45, 2.75) is 4.58 Å². The summed E-state index contributed by atoms with van der Waals surface area (Å²) in [6, 6.07) is 0. The average molecular weight is 228 g/mol. The smallest absolute Gasteiger partial charge is 0.0666 e. The largest absolute Gasteiger partial charge is 0.161 e. The molecule has 58 valence electrons. The molecular formula is C5H8S5. The monoisotopic (exact) mass is 228 g/mol. The number of thioether (sulfide) groups is 2. The van der Waals surface area contributed by atoms with Crippen LogP contribution >= 0.6 is 54.9 Å². The summed E-state index contributed by atoms with van der Waals surface area (Å²) in [5.74, 6) is 3.85. The van der Waals surface area contributed by atoms with E-state index in [0.717, 1.165) is 10.5 Å². The molecule has 0 nitrogen and oxygen atoms in total. The van der Waals surface area contributed by atoms with Crippen LogP contribution in [0.15, 0.2) is 0 Å². The molecule has 2 rings (SSSR count). The quantitative estimate of drug-likeness (QED) is 0.629. The summed E-state index contributed by atoms with van der Waals surface area (Å²) in [6.07, 6.45) is 0. The van der Waals surface area contributed by atoms with Gasteiger partial charge in [0.25, 0.3) is 0 Å². The number of rotatable bonds is 1. The first kappa shape index (κ1) is 8.35. The maximum Gasteiger partial charge on any atom is 0.0666 e. The lowest BCUT2D eigenvalue weighted by molar-refractivity contribution is 0.710. The van der Waals surface area contributed by atoms with Crippen LogP contribution in [0.2, 0.25) is 0 Å². The van der Waals surface area contributed by atoms with Gasteiger partial charge in [-0.2, -0.15) is 11.8 Å². The highest BCUT2D eigenvalue weighted by atomic mass is 33.5. The van der Waals surface area contributed by atoms with Gasteiger partial charge in [-0.3, -0.25) is 0 Å². The van der Waals surface area contributed by atoms with Crippen LogP contribution in [0.3, 0.4) is 0 Å². The van der Waals surface area contributed by atoms with E-state index in [1.807, 2.05) is 20.6 Å². The molecule has 2 heterocycles. The molecule has 0 N–H and O–H groups in total. The third kappa shape index (κ3) is 1.91. The molecule has 0 saturated carbocycles. The zero-order chi connectivity index (χ0) is 6.81. The van der Waals surface area contributed by atoms with Gasteiger partial charge in [0, 0.05) is 0 Å². The second-order valence-electron chi connectivity index (χ2n) is 2.23. The summed E-state index contributed by atoms with van der Waals surface area (Å²) in [6.45, 7) is 0. The Balaban J connectivity index is 1.78. The van der Waals surface area contributed by atoms with Gasteiger partial charge >= 0.3 is 0 Å². The van der Waals surface area contributed by atoms with E-state index in [1.54, 1.807) is 0 Å². The Morgan fingerprint density at radius 3 is 2.60 bits per heavy atom. The fourth-order valence-electron chi connectivity index (χ4n) is 0.834. The summed E-state index contributed by atoms with van der Waals surface area (Å²) in [7, 11) is 6.05. The Morgan fingerprint density at radius 1 is 1.20 bits per heavy atom. The predicted octanol–water partition coefficient (Wildman–Crippen LogP) is 3.41. The van der Waals surface area contributed by atoms with Crippen molar-refractivity contribution in [2.75, 3.05) is 16.6 Å². The van der Waals surface area contributed by atoms with Gasteiger partial charge in [-0.1, -0.05) is 21.6 Å².